The lowest BCUT2D eigenvalue weighted by molar-refractivity contribution is -0.145. The topological polar surface area (TPSA) is 51.8 Å². The summed E-state index contributed by atoms with van der Waals surface area (Å²) in [4.78, 5) is 6.69. The summed E-state index contributed by atoms with van der Waals surface area (Å²) < 4.78 is 36.7. The summed E-state index contributed by atoms with van der Waals surface area (Å²) in [7, 11) is 0. The number of nitrogens with zero attached hydrogens (tertiary/aromatic N) is 2. The molecule has 0 aliphatic heterocycles. The molecule has 6 heteroatoms. The van der Waals surface area contributed by atoms with Gasteiger partial charge >= 0.3 is 6.18 Å². The maximum Gasteiger partial charge on any atom is 0.451 e. The lowest BCUT2D eigenvalue weighted by Crippen LogP contribution is -2.15. The number of halogens is 3. The van der Waals surface area contributed by atoms with Crippen LogP contribution in [0.2, 0.25) is 0 Å². The third kappa shape index (κ3) is 2.66. The molecule has 0 unspecified atom stereocenters. The zero-order chi connectivity index (χ0) is 10.8. The Morgan fingerprint density at radius 2 is 2.00 bits per heavy atom. The molecule has 0 fully saturated rings. The van der Waals surface area contributed by atoms with Gasteiger partial charge in [-0.3, -0.25) is 0 Å². The van der Waals surface area contributed by atoms with Crippen molar-refractivity contribution in [3.63, 3.8) is 0 Å². The standard InChI is InChI=1S/C8H10F3N3/c1-5-4-6(2-3-12)14-7(13-5)8(9,10)11/h4H,2-3,12H2,1H3. The first kappa shape index (κ1) is 10.9. The van der Waals surface area contributed by atoms with Crippen molar-refractivity contribution in [1.82, 2.24) is 9.97 Å². The summed E-state index contributed by atoms with van der Waals surface area (Å²) in [6.07, 6.45) is -4.16. The second-order valence-corrected chi connectivity index (χ2v) is 2.86. The molecule has 0 radical (unpaired) electrons. The van der Waals surface area contributed by atoms with Gasteiger partial charge in [0.2, 0.25) is 5.82 Å². The second kappa shape index (κ2) is 3.91. The van der Waals surface area contributed by atoms with E-state index in [-0.39, 0.29) is 6.54 Å². The SMILES string of the molecule is Cc1cc(CCN)nc(C(F)(F)F)n1. The molecule has 0 aromatic carbocycles. The van der Waals surface area contributed by atoms with Crippen LogP contribution in [-0.2, 0) is 12.6 Å². The summed E-state index contributed by atoms with van der Waals surface area (Å²) in [6, 6.07) is 1.50. The van der Waals surface area contributed by atoms with E-state index in [0.29, 0.717) is 17.8 Å². The van der Waals surface area contributed by atoms with E-state index in [1.807, 2.05) is 0 Å². The van der Waals surface area contributed by atoms with E-state index < -0.39 is 12.0 Å². The van der Waals surface area contributed by atoms with Gasteiger partial charge < -0.3 is 5.73 Å². The Labute approximate surface area is 79.2 Å². The molecule has 0 saturated carbocycles. The number of aryl methyl sites for hydroxylation is 1. The maximum absolute atomic E-state index is 12.2. The van der Waals surface area contributed by atoms with Gasteiger partial charge in [-0.1, -0.05) is 0 Å². The number of hydrogen-bond acceptors (Lipinski definition) is 3. The van der Waals surface area contributed by atoms with Crippen molar-refractivity contribution >= 4 is 0 Å². The van der Waals surface area contributed by atoms with E-state index in [0.717, 1.165) is 0 Å². The van der Waals surface area contributed by atoms with Gasteiger partial charge in [-0.05, 0) is 19.5 Å². The molecular weight excluding hydrogens is 195 g/mol. The molecule has 14 heavy (non-hydrogen) atoms. The van der Waals surface area contributed by atoms with E-state index in [9.17, 15) is 13.2 Å². The first-order valence-electron chi connectivity index (χ1n) is 4.05. The lowest BCUT2D eigenvalue weighted by Gasteiger charge is -2.07. The predicted molar refractivity (Wildman–Crippen MR) is 44.5 cm³/mol. The molecule has 0 saturated heterocycles. The molecule has 78 valence electrons. The third-order valence-corrected chi connectivity index (χ3v) is 1.56. The maximum atomic E-state index is 12.2. The number of hydrogen-bond donors (Lipinski definition) is 1. The molecular formula is C8H10F3N3. The van der Waals surface area contributed by atoms with Crippen molar-refractivity contribution in [3.8, 4) is 0 Å². The van der Waals surface area contributed by atoms with Gasteiger partial charge in [0.25, 0.3) is 0 Å². The molecule has 1 rings (SSSR count). The predicted octanol–water partition coefficient (Wildman–Crippen LogP) is 1.31. The molecule has 1 aromatic rings. The highest BCUT2D eigenvalue weighted by atomic mass is 19.4. The van der Waals surface area contributed by atoms with Crippen LogP contribution >= 0.6 is 0 Å². The Morgan fingerprint density at radius 1 is 1.36 bits per heavy atom. The van der Waals surface area contributed by atoms with Crippen LogP contribution in [0.5, 0.6) is 0 Å². The zero-order valence-electron chi connectivity index (χ0n) is 7.60. The fourth-order valence-corrected chi connectivity index (χ4v) is 1.04. The average molecular weight is 205 g/mol. The quantitative estimate of drug-likeness (QED) is 0.791. The summed E-state index contributed by atoms with van der Waals surface area (Å²) in [5, 5.41) is 0. The van der Waals surface area contributed by atoms with Crippen LogP contribution in [0.25, 0.3) is 0 Å². The monoisotopic (exact) mass is 205 g/mol. The van der Waals surface area contributed by atoms with Gasteiger partial charge in [0.05, 0.1) is 0 Å². The molecule has 3 nitrogen and oxygen atoms in total. The highest BCUT2D eigenvalue weighted by Gasteiger charge is 2.34. The second-order valence-electron chi connectivity index (χ2n) is 2.86. The first-order valence-corrected chi connectivity index (χ1v) is 4.05. The molecule has 0 aliphatic rings. The van der Waals surface area contributed by atoms with Crippen molar-refractivity contribution in [2.75, 3.05) is 6.54 Å². The number of nitrogens with two attached hydrogens (primary N) is 1. The molecule has 0 aliphatic carbocycles. The molecule has 0 atom stereocenters. The van der Waals surface area contributed by atoms with Crippen LogP contribution in [0.3, 0.4) is 0 Å². The lowest BCUT2D eigenvalue weighted by atomic mass is 10.2. The highest BCUT2D eigenvalue weighted by molar-refractivity contribution is 5.11. The van der Waals surface area contributed by atoms with E-state index in [1.54, 1.807) is 0 Å². The fourth-order valence-electron chi connectivity index (χ4n) is 1.04. The Bertz CT molecular complexity index is 322. The molecule has 0 spiro atoms. The van der Waals surface area contributed by atoms with Crippen molar-refractivity contribution in [2.24, 2.45) is 5.73 Å². The van der Waals surface area contributed by atoms with Gasteiger partial charge in [0.15, 0.2) is 0 Å². The fraction of sp³-hybridized carbons (Fsp3) is 0.500. The van der Waals surface area contributed by atoms with Crippen molar-refractivity contribution < 1.29 is 13.2 Å². The van der Waals surface area contributed by atoms with Crippen LogP contribution in [-0.4, -0.2) is 16.5 Å². The van der Waals surface area contributed by atoms with E-state index >= 15 is 0 Å². The number of rotatable bonds is 2. The van der Waals surface area contributed by atoms with Gasteiger partial charge in [0.1, 0.15) is 0 Å². The van der Waals surface area contributed by atoms with Crippen LogP contribution in [0, 0.1) is 6.92 Å². The highest BCUT2D eigenvalue weighted by Crippen LogP contribution is 2.26. The van der Waals surface area contributed by atoms with Crippen LogP contribution < -0.4 is 5.73 Å². The van der Waals surface area contributed by atoms with Gasteiger partial charge in [-0.2, -0.15) is 13.2 Å². The van der Waals surface area contributed by atoms with Gasteiger partial charge in [0, 0.05) is 17.8 Å². The summed E-state index contributed by atoms with van der Waals surface area (Å²) in [5.74, 6) is -1.10. The molecule has 0 amide bonds. The van der Waals surface area contributed by atoms with Crippen LogP contribution in [0.1, 0.15) is 17.2 Å². The minimum Gasteiger partial charge on any atom is -0.330 e. The zero-order valence-corrected chi connectivity index (χ0v) is 7.60. The minimum absolute atomic E-state index is 0.272. The largest absolute Gasteiger partial charge is 0.451 e. The van der Waals surface area contributed by atoms with Crippen molar-refractivity contribution in [2.45, 2.75) is 19.5 Å². The van der Waals surface area contributed by atoms with E-state index in [2.05, 4.69) is 9.97 Å². The van der Waals surface area contributed by atoms with Crippen LogP contribution in [0.4, 0.5) is 13.2 Å². The molecule has 1 aromatic heterocycles. The summed E-state index contributed by atoms with van der Waals surface area (Å²) in [6.45, 7) is 1.77. The first-order chi connectivity index (χ1) is 6.43. The average Bonchev–Trinajstić information content (AvgIpc) is 2.02. The number of alkyl halides is 3. The third-order valence-electron chi connectivity index (χ3n) is 1.56. The Hall–Kier alpha value is -1.17. The summed E-state index contributed by atoms with van der Waals surface area (Å²) >= 11 is 0. The Morgan fingerprint density at radius 3 is 2.50 bits per heavy atom. The van der Waals surface area contributed by atoms with Crippen molar-refractivity contribution in [3.05, 3.63) is 23.3 Å². The molecule has 2 N–H and O–H groups in total. The van der Waals surface area contributed by atoms with Crippen LogP contribution in [0.15, 0.2) is 6.07 Å². The Balaban J connectivity index is 3.07. The van der Waals surface area contributed by atoms with Gasteiger partial charge in [-0.15, -0.1) is 0 Å². The number of aromatic nitrogens is 2. The van der Waals surface area contributed by atoms with Gasteiger partial charge in [-0.25, -0.2) is 9.97 Å². The Kier molecular flexibility index (Phi) is 3.05. The van der Waals surface area contributed by atoms with E-state index in [4.69, 9.17) is 5.73 Å². The minimum atomic E-state index is -4.49. The smallest absolute Gasteiger partial charge is 0.330 e. The molecule has 0 bridgehead atoms. The van der Waals surface area contributed by atoms with Crippen molar-refractivity contribution in [1.29, 1.82) is 0 Å². The summed E-state index contributed by atoms with van der Waals surface area (Å²) in [5.41, 5.74) is 5.86. The van der Waals surface area contributed by atoms with E-state index in [1.165, 1.54) is 13.0 Å². The normalized spacial score (nSPS) is 11.8. The molecule has 1 heterocycles.